The quantitative estimate of drug-likeness (QED) is 0.671. The predicted octanol–water partition coefficient (Wildman–Crippen LogP) is 2.65. The summed E-state index contributed by atoms with van der Waals surface area (Å²) in [5.41, 5.74) is 0.654. The zero-order chi connectivity index (χ0) is 15.8. The van der Waals surface area contributed by atoms with E-state index >= 15 is 0 Å². The van der Waals surface area contributed by atoms with Crippen molar-refractivity contribution in [3.05, 3.63) is 35.6 Å². The molecule has 122 valence electrons. The molecule has 0 aromatic heterocycles. The molecule has 0 bridgehead atoms. The van der Waals surface area contributed by atoms with E-state index in [0.717, 1.165) is 50.9 Å². The van der Waals surface area contributed by atoms with Gasteiger partial charge in [0.15, 0.2) is 5.96 Å². The van der Waals surface area contributed by atoms with Crippen LogP contribution in [0.3, 0.4) is 0 Å². The lowest BCUT2D eigenvalue weighted by Crippen LogP contribution is -2.39. The molecule has 0 radical (unpaired) electrons. The van der Waals surface area contributed by atoms with E-state index < -0.39 is 0 Å². The summed E-state index contributed by atoms with van der Waals surface area (Å²) < 4.78 is 19.0. The van der Waals surface area contributed by atoms with Crippen LogP contribution in [0.5, 0.6) is 0 Å². The van der Waals surface area contributed by atoms with Crippen molar-refractivity contribution in [1.29, 1.82) is 0 Å². The second kappa shape index (κ2) is 8.73. The highest BCUT2D eigenvalue weighted by molar-refractivity contribution is 5.79. The molecule has 2 rings (SSSR count). The van der Waals surface area contributed by atoms with Gasteiger partial charge in [-0.25, -0.2) is 4.39 Å². The maximum absolute atomic E-state index is 13.6. The van der Waals surface area contributed by atoms with Gasteiger partial charge in [-0.05, 0) is 31.2 Å². The molecule has 1 N–H and O–H groups in total. The van der Waals surface area contributed by atoms with E-state index in [-0.39, 0.29) is 5.82 Å². The van der Waals surface area contributed by atoms with Crippen LogP contribution in [0.1, 0.15) is 24.8 Å². The van der Waals surface area contributed by atoms with Crippen molar-refractivity contribution in [2.24, 2.45) is 10.9 Å². The van der Waals surface area contributed by atoms with Crippen molar-refractivity contribution in [1.82, 2.24) is 10.2 Å². The van der Waals surface area contributed by atoms with Crippen molar-refractivity contribution in [2.75, 3.05) is 33.9 Å². The molecule has 0 aliphatic carbocycles. The molecule has 1 aromatic rings. The molecular formula is C17H26FN3O. The summed E-state index contributed by atoms with van der Waals surface area (Å²) in [6.45, 7) is 3.16. The molecule has 1 aliphatic rings. The fourth-order valence-corrected chi connectivity index (χ4v) is 2.72. The van der Waals surface area contributed by atoms with Crippen molar-refractivity contribution in [3.63, 3.8) is 0 Å². The molecule has 1 aromatic carbocycles. The smallest absolute Gasteiger partial charge is 0.193 e. The number of nitrogens with zero attached hydrogens (tertiary/aromatic N) is 2. The van der Waals surface area contributed by atoms with Gasteiger partial charge in [-0.1, -0.05) is 18.2 Å². The van der Waals surface area contributed by atoms with Crippen LogP contribution in [-0.2, 0) is 11.3 Å². The summed E-state index contributed by atoms with van der Waals surface area (Å²) in [5, 5.41) is 3.23. The molecule has 1 heterocycles. The SMILES string of the molecule is CN=C(NCc1ccccc1F)N(C)CCC1CCOCC1. The van der Waals surface area contributed by atoms with E-state index in [1.165, 1.54) is 6.07 Å². The second-order valence-electron chi connectivity index (χ2n) is 5.76. The van der Waals surface area contributed by atoms with Gasteiger partial charge in [-0.2, -0.15) is 0 Å². The Morgan fingerprint density at radius 3 is 2.77 bits per heavy atom. The zero-order valence-corrected chi connectivity index (χ0v) is 13.5. The molecule has 0 spiro atoms. The molecule has 1 fully saturated rings. The molecule has 22 heavy (non-hydrogen) atoms. The minimum Gasteiger partial charge on any atom is -0.381 e. The Bertz CT molecular complexity index is 487. The molecule has 0 amide bonds. The summed E-state index contributed by atoms with van der Waals surface area (Å²) >= 11 is 0. The number of ether oxygens (including phenoxy) is 1. The first-order valence-electron chi connectivity index (χ1n) is 7.93. The van der Waals surface area contributed by atoms with E-state index in [9.17, 15) is 4.39 Å². The van der Waals surface area contributed by atoms with Crippen molar-refractivity contribution in [3.8, 4) is 0 Å². The normalized spacial score (nSPS) is 16.6. The van der Waals surface area contributed by atoms with Crippen LogP contribution >= 0.6 is 0 Å². The summed E-state index contributed by atoms with van der Waals surface area (Å²) in [6, 6.07) is 6.82. The van der Waals surface area contributed by atoms with Gasteiger partial charge >= 0.3 is 0 Å². The van der Waals surface area contributed by atoms with Crippen LogP contribution in [0.2, 0.25) is 0 Å². The molecule has 0 atom stereocenters. The summed E-state index contributed by atoms with van der Waals surface area (Å²) in [7, 11) is 3.78. The molecule has 1 saturated heterocycles. The minimum absolute atomic E-state index is 0.185. The third-order valence-corrected chi connectivity index (χ3v) is 4.18. The molecule has 5 heteroatoms. The van der Waals surface area contributed by atoms with E-state index in [1.807, 2.05) is 13.1 Å². The molecule has 0 unspecified atom stereocenters. The number of aliphatic imine (C=N–C) groups is 1. The Kier molecular flexibility index (Phi) is 6.65. The Hall–Kier alpha value is -1.62. The summed E-state index contributed by atoms with van der Waals surface area (Å²) in [6.07, 6.45) is 3.43. The Labute approximate surface area is 132 Å². The largest absolute Gasteiger partial charge is 0.381 e. The number of guanidine groups is 1. The van der Waals surface area contributed by atoms with Gasteiger partial charge in [0.1, 0.15) is 5.82 Å². The van der Waals surface area contributed by atoms with E-state index in [1.54, 1.807) is 19.2 Å². The first-order valence-corrected chi connectivity index (χ1v) is 7.93. The number of benzene rings is 1. The number of rotatable bonds is 5. The number of halogens is 1. The monoisotopic (exact) mass is 307 g/mol. The highest BCUT2D eigenvalue weighted by atomic mass is 19.1. The lowest BCUT2D eigenvalue weighted by Gasteiger charge is -2.26. The van der Waals surface area contributed by atoms with Gasteiger partial charge < -0.3 is 15.0 Å². The van der Waals surface area contributed by atoms with Gasteiger partial charge in [0.2, 0.25) is 0 Å². The maximum Gasteiger partial charge on any atom is 0.193 e. The number of nitrogens with one attached hydrogen (secondary N) is 1. The van der Waals surface area contributed by atoms with E-state index in [4.69, 9.17) is 4.74 Å². The first-order chi connectivity index (χ1) is 10.7. The van der Waals surface area contributed by atoms with Crippen LogP contribution in [0, 0.1) is 11.7 Å². The van der Waals surface area contributed by atoms with E-state index in [0.29, 0.717) is 12.1 Å². The standard InChI is InChI=1S/C17H26FN3O/c1-19-17(20-13-15-5-3-4-6-16(15)18)21(2)10-7-14-8-11-22-12-9-14/h3-6,14H,7-13H2,1-2H3,(H,19,20). The highest BCUT2D eigenvalue weighted by Gasteiger charge is 2.15. The third-order valence-electron chi connectivity index (χ3n) is 4.18. The lowest BCUT2D eigenvalue weighted by molar-refractivity contribution is 0.0625. The fraction of sp³-hybridized carbons (Fsp3) is 0.588. The third kappa shape index (κ3) is 4.98. The molecule has 1 aliphatic heterocycles. The van der Waals surface area contributed by atoms with Crippen molar-refractivity contribution in [2.45, 2.75) is 25.8 Å². The van der Waals surface area contributed by atoms with Crippen LogP contribution < -0.4 is 5.32 Å². The van der Waals surface area contributed by atoms with Crippen molar-refractivity contribution >= 4 is 5.96 Å². The minimum atomic E-state index is -0.185. The number of hydrogen-bond donors (Lipinski definition) is 1. The lowest BCUT2D eigenvalue weighted by atomic mass is 9.96. The first kappa shape index (κ1) is 16.7. The average Bonchev–Trinajstić information content (AvgIpc) is 2.56. The van der Waals surface area contributed by atoms with Crippen LogP contribution in [0.15, 0.2) is 29.3 Å². The zero-order valence-electron chi connectivity index (χ0n) is 13.5. The predicted molar refractivity (Wildman–Crippen MR) is 87.4 cm³/mol. The topological polar surface area (TPSA) is 36.9 Å². The van der Waals surface area contributed by atoms with Crippen LogP contribution in [0.25, 0.3) is 0 Å². The van der Waals surface area contributed by atoms with Gasteiger partial charge in [-0.15, -0.1) is 0 Å². The fourth-order valence-electron chi connectivity index (χ4n) is 2.72. The highest BCUT2D eigenvalue weighted by Crippen LogP contribution is 2.18. The van der Waals surface area contributed by atoms with Gasteiger partial charge in [0.05, 0.1) is 0 Å². The second-order valence-corrected chi connectivity index (χ2v) is 5.76. The van der Waals surface area contributed by atoms with Gasteiger partial charge in [0.25, 0.3) is 0 Å². The molecule has 4 nitrogen and oxygen atoms in total. The Morgan fingerprint density at radius 2 is 2.09 bits per heavy atom. The van der Waals surface area contributed by atoms with Gasteiger partial charge in [0, 0.05) is 46.0 Å². The average molecular weight is 307 g/mol. The summed E-state index contributed by atoms with van der Waals surface area (Å²) in [4.78, 5) is 6.39. The van der Waals surface area contributed by atoms with Crippen LogP contribution in [0.4, 0.5) is 4.39 Å². The maximum atomic E-state index is 13.6. The molecule has 0 saturated carbocycles. The van der Waals surface area contributed by atoms with Gasteiger partial charge in [-0.3, -0.25) is 4.99 Å². The van der Waals surface area contributed by atoms with E-state index in [2.05, 4.69) is 15.2 Å². The van der Waals surface area contributed by atoms with Crippen molar-refractivity contribution < 1.29 is 9.13 Å². The van der Waals surface area contributed by atoms with Crippen LogP contribution in [-0.4, -0.2) is 44.7 Å². The summed E-state index contributed by atoms with van der Waals surface area (Å²) in [5.74, 6) is 1.35. The Balaban J connectivity index is 1.79. The number of hydrogen-bond acceptors (Lipinski definition) is 2. The molecular weight excluding hydrogens is 281 g/mol. The Morgan fingerprint density at radius 1 is 1.36 bits per heavy atom.